The van der Waals surface area contributed by atoms with E-state index in [1.54, 1.807) is 18.2 Å². The molecule has 2 aliphatic rings. The Morgan fingerprint density at radius 1 is 1.20 bits per heavy atom. The van der Waals surface area contributed by atoms with Gasteiger partial charge in [0.2, 0.25) is 15.9 Å². The summed E-state index contributed by atoms with van der Waals surface area (Å²) in [5.74, 6) is 0.513. The molecule has 1 aliphatic heterocycles. The van der Waals surface area contributed by atoms with E-state index in [4.69, 9.17) is 9.47 Å². The summed E-state index contributed by atoms with van der Waals surface area (Å²) in [4.78, 5) is 12.2. The highest BCUT2D eigenvalue weighted by Gasteiger charge is 2.34. The number of carbonyl (C=O) groups is 1. The maximum Gasteiger partial charge on any atom is 0.244 e. The van der Waals surface area contributed by atoms with Crippen molar-refractivity contribution in [3.8, 4) is 5.75 Å². The number of hydrogen-bond donors (Lipinski definition) is 3. The number of carbonyl (C=O) groups excluding carboxylic acids is 1. The van der Waals surface area contributed by atoms with Crippen molar-refractivity contribution in [2.45, 2.75) is 68.1 Å². The Kier molecular flexibility index (Phi) is 8.10. The fourth-order valence-corrected chi connectivity index (χ4v) is 5.74. The third-order valence-electron chi connectivity index (χ3n) is 5.95. The van der Waals surface area contributed by atoms with Crippen molar-refractivity contribution < 1.29 is 27.8 Å². The van der Waals surface area contributed by atoms with Crippen molar-refractivity contribution in [3.05, 3.63) is 24.3 Å². The summed E-state index contributed by atoms with van der Waals surface area (Å²) in [7, 11) is -2.40. The molecule has 0 unspecified atom stereocenters. The summed E-state index contributed by atoms with van der Waals surface area (Å²) < 4.78 is 39.4. The molecule has 0 radical (unpaired) electrons. The Balaban J connectivity index is 1.52. The van der Waals surface area contributed by atoms with Gasteiger partial charge in [-0.25, -0.2) is 13.1 Å². The summed E-state index contributed by atoms with van der Waals surface area (Å²) in [6.45, 7) is 0.236. The Morgan fingerprint density at radius 3 is 2.63 bits per heavy atom. The number of methoxy groups -OCH3 is 1. The summed E-state index contributed by atoms with van der Waals surface area (Å²) in [6, 6.07) is 5.87. The smallest absolute Gasteiger partial charge is 0.244 e. The van der Waals surface area contributed by atoms with Gasteiger partial charge in [0, 0.05) is 12.5 Å². The van der Waals surface area contributed by atoms with Crippen LogP contribution in [0.1, 0.15) is 44.9 Å². The highest BCUT2D eigenvalue weighted by atomic mass is 32.2. The Bertz CT molecular complexity index is 809. The van der Waals surface area contributed by atoms with Gasteiger partial charge in [-0.2, -0.15) is 0 Å². The minimum absolute atomic E-state index is 0.0564. The Labute approximate surface area is 178 Å². The number of benzene rings is 1. The van der Waals surface area contributed by atoms with Gasteiger partial charge in [0.1, 0.15) is 10.6 Å². The van der Waals surface area contributed by atoms with Gasteiger partial charge in [0.05, 0.1) is 32.0 Å². The number of para-hydroxylation sites is 1. The molecular formula is C21H32N2O6S. The number of amides is 1. The molecule has 0 spiro atoms. The molecule has 9 heteroatoms. The summed E-state index contributed by atoms with van der Waals surface area (Å²) in [5, 5.41) is 12.7. The monoisotopic (exact) mass is 440 g/mol. The van der Waals surface area contributed by atoms with Gasteiger partial charge in [-0.3, -0.25) is 4.79 Å². The third kappa shape index (κ3) is 5.72. The van der Waals surface area contributed by atoms with E-state index < -0.39 is 22.2 Å². The van der Waals surface area contributed by atoms with Gasteiger partial charge < -0.3 is 19.9 Å². The number of sulfonamides is 1. The van der Waals surface area contributed by atoms with E-state index in [1.807, 2.05) is 0 Å². The predicted octanol–water partition coefficient (Wildman–Crippen LogP) is 1.58. The molecule has 0 aromatic heterocycles. The molecule has 168 valence electrons. The minimum Gasteiger partial charge on any atom is -0.495 e. The molecule has 1 saturated heterocycles. The fourth-order valence-electron chi connectivity index (χ4n) is 4.27. The molecule has 1 aliphatic carbocycles. The Morgan fingerprint density at radius 2 is 1.93 bits per heavy atom. The average Bonchev–Trinajstić information content (AvgIpc) is 3.29. The highest BCUT2D eigenvalue weighted by Crippen LogP contribution is 2.27. The summed E-state index contributed by atoms with van der Waals surface area (Å²) in [5.41, 5.74) is 0. The van der Waals surface area contributed by atoms with Crippen molar-refractivity contribution in [3.63, 3.8) is 0 Å². The number of nitrogens with one attached hydrogen (secondary N) is 2. The lowest BCUT2D eigenvalue weighted by molar-refractivity contribution is -0.125. The molecular weight excluding hydrogens is 408 g/mol. The van der Waals surface area contributed by atoms with Gasteiger partial charge >= 0.3 is 0 Å². The van der Waals surface area contributed by atoms with Gasteiger partial charge in [0.15, 0.2) is 0 Å². The Hall–Kier alpha value is -1.68. The number of aliphatic hydroxyl groups is 1. The molecule has 3 N–H and O–H groups in total. The summed E-state index contributed by atoms with van der Waals surface area (Å²) in [6.07, 6.45) is 5.23. The lowest BCUT2D eigenvalue weighted by Crippen LogP contribution is -2.51. The molecule has 1 aromatic carbocycles. The lowest BCUT2D eigenvalue weighted by atomic mass is 9.98. The molecule has 0 bridgehead atoms. The van der Waals surface area contributed by atoms with Gasteiger partial charge in [-0.05, 0) is 44.2 Å². The maximum atomic E-state index is 12.8. The van der Waals surface area contributed by atoms with Crippen LogP contribution in [0.3, 0.4) is 0 Å². The molecule has 1 saturated carbocycles. The second-order valence-corrected chi connectivity index (χ2v) is 9.68. The van der Waals surface area contributed by atoms with E-state index in [1.165, 1.54) is 13.2 Å². The van der Waals surface area contributed by atoms with Crippen molar-refractivity contribution in [2.24, 2.45) is 5.92 Å². The third-order valence-corrected chi connectivity index (χ3v) is 7.48. The first-order valence-electron chi connectivity index (χ1n) is 10.6. The van der Waals surface area contributed by atoms with Crippen molar-refractivity contribution >= 4 is 15.9 Å². The molecule has 3 rings (SSSR count). The lowest BCUT2D eigenvalue weighted by Gasteiger charge is -2.36. The fraction of sp³-hybridized carbons (Fsp3) is 0.667. The van der Waals surface area contributed by atoms with Crippen molar-refractivity contribution in [1.82, 2.24) is 10.0 Å². The zero-order valence-corrected chi connectivity index (χ0v) is 18.2. The van der Waals surface area contributed by atoms with Gasteiger partial charge in [-0.1, -0.05) is 25.0 Å². The second-order valence-electron chi connectivity index (χ2n) is 8.00. The second kappa shape index (κ2) is 10.6. The molecule has 1 heterocycles. The van der Waals surface area contributed by atoms with Gasteiger partial charge in [0.25, 0.3) is 0 Å². The van der Waals surface area contributed by atoms with Gasteiger partial charge in [-0.15, -0.1) is 0 Å². The highest BCUT2D eigenvalue weighted by molar-refractivity contribution is 7.89. The van der Waals surface area contributed by atoms with Crippen molar-refractivity contribution in [2.75, 3.05) is 20.3 Å². The van der Waals surface area contributed by atoms with Crippen LogP contribution < -0.4 is 14.8 Å². The average molecular weight is 441 g/mol. The number of rotatable bonds is 9. The first kappa shape index (κ1) is 23.0. The summed E-state index contributed by atoms with van der Waals surface area (Å²) >= 11 is 0. The van der Waals surface area contributed by atoms with Crippen molar-refractivity contribution in [1.29, 1.82) is 0 Å². The molecule has 2 fully saturated rings. The van der Waals surface area contributed by atoms with E-state index >= 15 is 0 Å². The number of aliphatic hydroxyl groups excluding tert-OH is 1. The normalized spacial score (nSPS) is 25.2. The van der Waals surface area contributed by atoms with Crippen LogP contribution in [0.15, 0.2) is 29.2 Å². The van der Waals surface area contributed by atoms with Crippen LogP contribution in [0.25, 0.3) is 0 Å². The zero-order chi connectivity index (χ0) is 21.6. The standard InChI is InChI=1S/C21H32N2O6S/c1-28-18-8-4-5-9-20(18)30(26,27)23-17-11-10-16(29-19(17)14-24)12-13-22-21(25)15-6-2-3-7-15/h4-5,8-9,15-17,19,23-24H,2-3,6-7,10-14H2,1H3,(H,22,25)/t16-,17+,19+/m0/s1. The number of ether oxygens (including phenoxy) is 2. The van der Waals surface area contributed by atoms with E-state index in [2.05, 4.69) is 10.0 Å². The first-order chi connectivity index (χ1) is 14.4. The molecule has 3 atom stereocenters. The number of hydrogen-bond acceptors (Lipinski definition) is 6. The molecule has 8 nitrogen and oxygen atoms in total. The zero-order valence-electron chi connectivity index (χ0n) is 17.4. The quantitative estimate of drug-likeness (QED) is 0.537. The van der Waals surface area contributed by atoms with Crippen LogP contribution in [0.4, 0.5) is 0 Å². The van der Waals surface area contributed by atoms with Crippen LogP contribution in [-0.4, -0.2) is 57.9 Å². The first-order valence-corrected chi connectivity index (χ1v) is 12.1. The van der Waals surface area contributed by atoms with E-state index in [-0.39, 0.29) is 35.2 Å². The molecule has 30 heavy (non-hydrogen) atoms. The van der Waals surface area contributed by atoms with Crippen LogP contribution >= 0.6 is 0 Å². The SMILES string of the molecule is COc1ccccc1S(=O)(=O)N[C@@H]1CC[C@@H](CCNC(=O)C2CCCC2)O[C@@H]1CO. The van der Waals surface area contributed by atoms with Crippen LogP contribution in [0.5, 0.6) is 5.75 Å². The predicted molar refractivity (Wildman–Crippen MR) is 112 cm³/mol. The van der Waals surface area contributed by atoms with E-state index in [0.717, 1.165) is 25.7 Å². The van der Waals surface area contributed by atoms with E-state index in [9.17, 15) is 18.3 Å². The molecule has 1 amide bonds. The topological polar surface area (TPSA) is 114 Å². The minimum atomic E-state index is -3.82. The van der Waals surface area contributed by atoms with E-state index in [0.29, 0.717) is 25.8 Å². The maximum absolute atomic E-state index is 12.8. The van der Waals surface area contributed by atoms with Crippen LogP contribution in [-0.2, 0) is 19.6 Å². The molecule has 1 aromatic rings. The van der Waals surface area contributed by atoms with Crippen LogP contribution in [0, 0.1) is 5.92 Å². The van der Waals surface area contributed by atoms with Crippen LogP contribution in [0.2, 0.25) is 0 Å². The largest absolute Gasteiger partial charge is 0.495 e.